The van der Waals surface area contributed by atoms with Gasteiger partial charge in [-0.1, -0.05) is 12.7 Å². The van der Waals surface area contributed by atoms with Gasteiger partial charge in [0.1, 0.15) is 5.69 Å². The zero-order valence-corrected chi connectivity index (χ0v) is 6.62. The first-order valence-corrected chi connectivity index (χ1v) is 3.41. The number of rotatable bonds is 3. The Morgan fingerprint density at radius 3 is 3.00 bits per heavy atom. The summed E-state index contributed by atoms with van der Waals surface area (Å²) in [7, 11) is 0. The molecule has 0 saturated carbocycles. The van der Waals surface area contributed by atoms with E-state index in [-0.39, 0.29) is 0 Å². The lowest BCUT2D eigenvalue weighted by Gasteiger charge is -1.90. The van der Waals surface area contributed by atoms with Crippen LogP contribution in [-0.4, -0.2) is 15.0 Å². The normalized spacial score (nSPS) is 9.55. The lowest BCUT2D eigenvalue weighted by molar-refractivity contribution is 0.601. The molecular weight excluding hydrogens is 138 g/mol. The molecule has 0 aromatic carbocycles. The Balaban J connectivity index is 2.81. The highest BCUT2D eigenvalue weighted by molar-refractivity contribution is 5.56. The van der Waals surface area contributed by atoms with E-state index in [0.29, 0.717) is 6.54 Å². The van der Waals surface area contributed by atoms with Gasteiger partial charge in [-0.05, 0) is 12.5 Å². The summed E-state index contributed by atoms with van der Waals surface area (Å²) in [5.41, 5.74) is 1.77. The highest BCUT2D eigenvalue weighted by atomic mass is 15.5. The van der Waals surface area contributed by atoms with Gasteiger partial charge in [-0.25, -0.2) is 0 Å². The van der Waals surface area contributed by atoms with E-state index in [9.17, 15) is 0 Å². The average Bonchev–Trinajstić information content (AvgIpc) is 2.37. The van der Waals surface area contributed by atoms with Gasteiger partial charge in [0.05, 0.1) is 12.7 Å². The van der Waals surface area contributed by atoms with E-state index >= 15 is 0 Å². The van der Waals surface area contributed by atoms with Crippen molar-refractivity contribution in [1.82, 2.24) is 15.0 Å². The first-order chi connectivity index (χ1) is 5.24. The first-order valence-electron chi connectivity index (χ1n) is 3.41. The van der Waals surface area contributed by atoms with Crippen molar-refractivity contribution in [3.63, 3.8) is 0 Å². The quantitative estimate of drug-likeness (QED) is 0.610. The van der Waals surface area contributed by atoms with Crippen LogP contribution in [0.1, 0.15) is 12.6 Å². The molecule has 3 nitrogen and oxygen atoms in total. The van der Waals surface area contributed by atoms with Crippen LogP contribution in [0.4, 0.5) is 0 Å². The Hall–Kier alpha value is -1.38. The monoisotopic (exact) mass is 149 g/mol. The van der Waals surface area contributed by atoms with Crippen molar-refractivity contribution in [2.45, 2.75) is 13.5 Å². The second-order valence-corrected chi connectivity index (χ2v) is 2.35. The molecule has 1 aromatic rings. The predicted octanol–water partition coefficient (Wildman–Crippen LogP) is 1.50. The second-order valence-electron chi connectivity index (χ2n) is 2.35. The largest absolute Gasteiger partial charge is 0.180 e. The van der Waals surface area contributed by atoms with Crippen LogP contribution in [0.3, 0.4) is 0 Å². The molecule has 0 aliphatic heterocycles. The van der Waals surface area contributed by atoms with Crippen molar-refractivity contribution in [1.29, 1.82) is 0 Å². The van der Waals surface area contributed by atoms with Gasteiger partial charge < -0.3 is 0 Å². The van der Waals surface area contributed by atoms with Gasteiger partial charge in [-0.2, -0.15) is 15.0 Å². The third-order valence-electron chi connectivity index (χ3n) is 1.27. The first kappa shape index (κ1) is 7.72. The minimum Gasteiger partial charge on any atom is -0.180 e. The zero-order valence-electron chi connectivity index (χ0n) is 6.62. The third-order valence-corrected chi connectivity index (χ3v) is 1.27. The molecule has 1 aromatic heterocycles. The molecule has 0 amide bonds. The van der Waals surface area contributed by atoms with Crippen molar-refractivity contribution >= 4 is 5.57 Å². The summed E-state index contributed by atoms with van der Waals surface area (Å²) >= 11 is 0. The maximum absolute atomic E-state index is 4.13. The predicted molar refractivity (Wildman–Crippen MR) is 44.9 cm³/mol. The zero-order chi connectivity index (χ0) is 8.27. The van der Waals surface area contributed by atoms with Gasteiger partial charge in [-0.15, -0.1) is 6.58 Å². The van der Waals surface area contributed by atoms with E-state index < -0.39 is 0 Å². The molecule has 0 atom stereocenters. The summed E-state index contributed by atoms with van der Waals surface area (Å²) in [5.74, 6) is 0. The number of allylic oxidation sites excluding steroid dienone is 2. The molecule has 0 spiro atoms. The van der Waals surface area contributed by atoms with Gasteiger partial charge in [0, 0.05) is 0 Å². The Morgan fingerprint density at radius 2 is 2.55 bits per heavy atom. The second kappa shape index (κ2) is 3.14. The molecule has 0 aliphatic carbocycles. The maximum Gasteiger partial charge on any atom is 0.108 e. The smallest absolute Gasteiger partial charge is 0.108 e. The van der Waals surface area contributed by atoms with Crippen LogP contribution in [0.15, 0.2) is 25.4 Å². The highest BCUT2D eigenvalue weighted by Gasteiger charge is 1.97. The van der Waals surface area contributed by atoms with E-state index in [1.54, 1.807) is 17.1 Å². The summed E-state index contributed by atoms with van der Waals surface area (Å²) in [5, 5.41) is 8.13. The number of hydrogen-bond acceptors (Lipinski definition) is 2. The van der Waals surface area contributed by atoms with Crippen molar-refractivity contribution in [3.8, 4) is 0 Å². The summed E-state index contributed by atoms with van der Waals surface area (Å²) in [6.45, 7) is 9.90. The summed E-state index contributed by atoms with van der Waals surface area (Å²) < 4.78 is 0. The molecule has 0 fully saturated rings. The summed E-state index contributed by atoms with van der Waals surface area (Å²) in [6.07, 6.45) is 3.45. The van der Waals surface area contributed by atoms with Crippen molar-refractivity contribution in [2.24, 2.45) is 0 Å². The summed E-state index contributed by atoms with van der Waals surface area (Å²) in [6, 6.07) is 0. The fourth-order valence-electron chi connectivity index (χ4n) is 0.696. The molecule has 0 saturated heterocycles. The molecule has 11 heavy (non-hydrogen) atoms. The Morgan fingerprint density at radius 1 is 1.82 bits per heavy atom. The Labute approximate surface area is 66.0 Å². The van der Waals surface area contributed by atoms with E-state index in [1.807, 2.05) is 6.92 Å². The fraction of sp³-hybridized carbons (Fsp3) is 0.250. The Bertz CT molecular complexity index is 273. The molecule has 1 rings (SSSR count). The standard InChI is InChI=1S/C8H11N3/c1-4-5-11-9-6-8(10-11)7(2)3/h4,6H,1-2,5H2,3H3. The van der Waals surface area contributed by atoms with E-state index in [4.69, 9.17) is 0 Å². The SMILES string of the molecule is C=CCn1ncc(C(=C)C)n1. The number of hydrogen-bond donors (Lipinski definition) is 0. The molecule has 0 unspecified atom stereocenters. The molecule has 3 heteroatoms. The van der Waals surface area contributed by atoms with Crippen LogP contribution in [0.25, 0.3) is 5.57 Å². The number of aromatic nitrogens is 3. The molecule has 0 radical (unpaired) electrons. The average molecular weight is 149 g/mol. The lowest BCUT2D eigenvalue weighted by atomic mass is 10.3. The fourth-order valence-corrected chi connectivity index (χ4v) is 0.696. The molecule has 0 bridgehead atoms. The maximum atomic E-state index is 4.13. The van der Waals surface area contributed by atoms with E-state index in [0.717, 1.165) is 11.3 Å². The topological polar surface area (TPSA) is 30.7 Å². The lowest BCUT2D eigenvalue weighted by Crippen LogP contribution is -1.99. The van der Waals surface area contributed by atoms with Crippen LogP contribution in [0.2, 0.25) is 0 Å². The minimum atomic E-state index is 0.646. The van der Waals surface area contributed by atoms with Crippen LogP contribution >= 0.6 is 0 Å². The van der Waals surface area contributed by atoms with E-state index in [2.05, 4.69) is 23.4 Å². The van der Waals surface area contributed by atoms with Gasteiger partial charge in [0.2, 0.25) is 0 Å². The molecule has 0 N–H and O–H groups in total. The van der Waals surface area contributed by atoms with Crippen LogP contribution < -0.4 is 0 Å². The van der Waals surface area contributed by atoms with Crippen LogP contribution in [-0.2, 0) is 6.54 Å². The summed E-state index contributed by atoms with van der Waals surface area (Å²) in [4.78, 5) is 1.58. The highest BCUT2D eigenvalue weighted by Crippen LogP contribution is 2.04. The van der Waals surface area contributed by atoms with Gasteiger partial charge in [0.15, 0.2) is 0 Å². The number of nitrogens with zero attached hydrogens (tertiary/aromatic N) is 3. The van der Waals surface area contributed by atoms with Gasteiger partial charge in [0.25, 0.3) is 0 Å². The third kappa shape index (κ3) is 1.77. The molecular formula is C8H11N3. The molecule has 1 heterocycles. The van der Waals surface area contributed by atoms with Crippen LogP contribution in [0.5, 0.6) is 0 Å². The van der Waals surface area contributed by atoms with E-state index in [1.165, 1.54) is 0 Å². The van der Waals surface area contributed by atoms with Crippen molar-refractivity contribution < 1.29 is 0 Å². The van der Waals surface area contributed by atoms with Crippen LogP contribution in [0, 0.1) is 0 Å². The molecule has 58 valence electrons. The van der Waals surface area contributed by atoms with Gasteiger partial charge >= 0.3 is 0 Å². The van der Waals surface area contributed by atoms with Gasteiger partial charge in [-0.3, -0.25) is 0 Å². The Kier molecular flexibility index (Phi) is 2.21. The molecule has 0 aliphatic rings. The van der Waals surface area contributed by atoms with Crippen molar-refractivity contribution in [3.05, 3.63) is 31.1 Å². The minimum absolute atomic E-state index is 0.646. The van der Waals surface area contributed by atoms with Crippen molar-refractivity contribution in [2.75, 3.05) is 0 Å².